The highest BCUT2D eigenvalue weighted by Gasteiger charge is 2.32. The molecule has 73 heavy (non-hydrogen) atoms. The van der Waals surface area contributed by atoms with E-state index in [4.69, 9.17) is 9.72 Å². The van der Waals surface area contributed by atoms with Gasteiger partial charge in [0.25, 0.3) is 0 Å². The Morgan fingerprint density at radius 1 is 0.397 bits per heavy atom. The Hall–Kier alpha value is -8.67. The molecule has 0 atom stereocenters. The van der Waals surface area contributed by atoms with Gasteiger partial charge in [0, 0.05) is 45.9 Å². The number of rotatable bonds is 9. The van der Waals surface area contributed by atoms with Crippen molar-refractivity contribution in [2.45, 2.75) is 52.4 Å². The fourth-order valence-electron chi connectivity index (χ4n) is 10.5. The summed E-state index contributed by atoms with van der Waals surface area (Å²) in [6, 6.07) is 81.0. The summed E-state index contributed by atoms with van der Waals surface area (Å²) in [5.74, 6) is 2.39. The Balaban J connectivity index is 0.945. The number of nitrogens with zero attached hydrogens (tertiary/aromatic N) is 4. The summed E-state index contributed by atoms with van der Waals surface area (Å²) in [7, 11) is 0. The third-order valence-corrected chi connectivity index (χ3v) is 14.4. The third kappa shape index (κ3) is 8.61. The molecule has 11 aromatic rings. The molecule has 0 fully saturated rings. The lowest BCUT2D eigenvalue weighted by atomic mass is 9.82. The minimum absolute atomic E-state index is 0.0404. The van der Waals surface area contributed by atoms with Gasteiger partial charge >= 0.3 is 0 Å². The monoisotopic (exact) mass is 946 g/mol. The summed E-state index contributed by atoms with van der Waals surface area (Å²) < 4.78 is 9.20. The van der Waals surface area contributed by atoms with Gasteiger partial charge in [-0.2, -0.15) is 0 Å². The molecule has 0 N–H and O–H groups in total. The fourth-order valence-corrected chi connectivity index (χ4v) is 10.5. The van der Waals surface area contributed by atoms with E-state index in [0.717, 1.165) is 50.8 Å². The molecule has 0 saturated carbocycles. The normalized spacial score (nSPS) is 12.7. The lowest BCUT2D eigenvalue weighted by Crippen LogP contribution is -2.25. The molecule has 12 rings (SSSR count). The number of anilines is 4. The largest absolute Gasteiger partial charge is 0.457 e. The van der Waals surface area contributed by atoms with Crippen molar-refractivity contribution in [1.29, 1.82) is 0 Å². The van der Waals surface area contributed by atoms with Crippen LogP contribution in [-0.2, 0) is 10.8 Å². The van der Waals surface area contributed by atoms with Gasteiger partial charge in [0.05, 0.1) is 28.1 Å². The highest BCUT2D eigenvalue weighted by molar-refractivity contribution is 6.11. The van der Waals surface area contributed by atoms with E-state index in [1.165, 1.54) is 66.7 Å². The van der Waals surface area contributed by atoms with E-state index in [0.29, 0.717) is 6.67 Å². The van der Waals surface area contributed by atoms with Crippen molar-refractivity contribution in [3.63, 3.8) is 0 Å². The van der Waals surface area contributed by atoms with Crippen molar-refractivity contribution in [2.75, 3.05) is 16.5 Å². The number of fused-ring (bicyclic) bond motifs is 4. The second-order valence-corrected chi connectivity index (χ2v) is 21.3. The van der Waals surface area contributed by atoms with Crippen molar-refractivity contribution in [1.82, 2.24) is 9.55 Å². The lowest BCUT2D eigenvalue weighted by molar-refractivity contribution is 0.483. The van der Waals surface area contributed by atoms with E-state index >= 15 is 0 Å². The molecule has 0 radical (unpaired) electrons. The van der Waals surface area contributed by atoms with Crippen LogP contribution in [0.5, 0.6) is 11.5 Å². The molecule has 1 aliphatic heterocycles. The molecule has 0 saturated heterocycles. The Bertz CT molecular complexity index is 3830. The number of aromatic nitrogens is 2. The summed E-state index contributed by atoms with van der Waals surface area (Å²) in [6.45, 7) is 14.3. The van der Waals surface area contributed by atoms with Crippen LogP contribution in [0.25, 0.3) is 72.1 Å². The van der Waals surface area contributed by atoms with Gasteiger partial charge in [0.1, 0.15) is 24.0 Å². The zero-order valence-corrected chi connectivity index (χ0v) is 42.3. The van der Waals surface area contributed by atoms with Gasteiger partial charge in [0.2, 0.25) is 0 Å². The summed E-state index contributed by atoms with van der Waals surface area (Å²) in [5.41, 5.74) is 18.5. The van der Waals surface area contributed by atoms with Crippen LogP contribution in [0.3, 0.4) is 0 Å². The first-order chi connectivity index (χ1) is 35.4. The number of pyridine rings is 1. The highest BCUT2D eigenvalue weighted by atomic mass is 16.5. The van der Waals surface area contributed by atoms with Gasteiger partial charge in [-0.25, -0.2) is 4.98 Å². The molecule has 2 aromatic heterocycles. The predicted molar refractivity (Wildman–Crippen MR) is 306 cm³/mol. The molecular formula is C68H58N4O. The van der Waals surface area contributed by atoms with Crippen LogP contribution in [0.2, 0.25) is 0 Å². The first-order valence-electron chi connectivity index (χ1n) is 25.4. The number of benzene rings is 9. The molecule has 0 spiro atoms. The van der Waals surface area contributed by atoms with Crippen molar-refractivity contribution in [3.05, 3.63) is 242 Å². The second kappa shape index (κ2) is 18.2. The number of ether oxygens (including phenoxy) is 1. The van der Waals surface area contributed by atoms with Crippen LogP contribution in [-0.4, -0.2) is 16.2 Å². The molecule has 0 bridgehead atoms. The fraction of sp³-hybridized carbons (Fsp3) is 0.132. The smallest absolute Gasteiger partial charge is 0.137 e. The van der Waals surface area contributed by atoms with Crippen LogP contribution >= 0.6 is 0 Å². The zero-order valence-electron chi connectivity index (χ0n) is 42.3. The van der Waals surface area contributed by atoms with Crippen LogP contribution < -0.4 is 14.5 Å². The summed E-state index contributed by atoms with van der Waals surface area (Å²) in [6.07, 6.45) is 1.93. The Morgan fingerprint density at radius 2 is 1.00 bits per heavy atom. The molecule has 0 unspecified atom stereocenters. The van der Waals surface area contributed by atoms with E-state index < -0.39 is 0 Å². The first kappa shape index (κ1) is 45.5. The van der Waals surface area contributed by atoms with Crippen molar-refractivity contribution < 1.29 is 4.74 Å². The molecule has 356 valence electrons. The number of para-hydroxylation sites is 3. The van der Waals surface area contributed by atoms with E-state index in [9.17, 15) is 0 Å². The average molecular weight is 947 g/mol. The minimum atomic E-state index is -0.0626. The van der Waals surface area contributed by atoms with E-state index in [1.54, 1.807) is 0 Å². The first-order valence-corrected chi connectivity index (χ1v) is 25.4. The van der Waals surface area contributed by atoms with Gasteiger partial charge in [-0.05, 0) is 122 Å². The topological polar surface area (TPSA) is 33.5 Å². The number of hydrogen-bond acceptors (Lipinski definition) is 4. The lowest BCUT2D eigenvalue weighted by Gasteiger charge is -2.28. The molecule has 0 amide bonds. The maximum absolute atomic E-state index is 6.91. The van der Waals surface area contributed by atoms with Gasteiger partial charge in [-0.1, -0.05) is 187 Å². The van der Waals surface area contributed by atoms with Gasteiger partial charge in [-0.15, -0.1) is 0 Å². The van der Waals surface area contributed by atoms with Gasteiger partial charge in [-0.3, -0.25) is 4.57 Å². The summed E-state index contributed by atoms with van der Waals surface area (Å²) in [4.78, 5) is 9.90. The quantitative estimate of drug-likeness (QED) is 0.144. The van der Waals surface area contributed by atoms with Crippen molar-refractivity contribution in [2.24, 2.45) is 0 Å². The molecule has 3 heterocycles. The predicted octanol–water partition coefficient (Wildman–Crippen LogP) is 18.5. The number of hydrogen-bond donors (Lipinski definition) is 0. The molecule has 5 nitrogen and oxygen atoms in total. The average Bonchev–Trinajstić information content (AvgIpc) is 3.97. The minimum Gasteiger partial charge on any atom is -0.457 e. The van der Waals surface area contributed by atoms with Crippen LogP contribution in [0.1, 0.15) is 52.7 Å². The van der Waals surface area contributed by atoms with Crippen molar-refractivity contribution >= 4 is 44.6 Å². The van der Waals surface area contributed by atoms with E-state index in [2.05, 4.69) is 280 Å². The van der Waals surface area contributed by atoms with Crippen LogP contribution in [0.4, 0.5) is 22.7 Å². The molecule has 9 aromatic carbocycles. The Kier molecular flexibility index (Phi) is 11.3. The van der Waals surface area contributed by atoms with E-state index in [-0.39, 0.29) is 10.8 Å². The van der Waals surface area contributed by atoms with Crippen LogP contribution in [0.15, 0.2) is 231 Å². The maximum Gasteiger partial charge on any atom is 0.137 e. The maximum atomic E-state index is 6.91. The van der Waals surface area contributed by atoms with Gasteiger partial charge < -0.3 is 14.5 Å². The van der Waals surface area contributed by atoms with Crippen molar-refractivity contribution in [3.8, 4) is 61.8 Å². The zero-order chi connectivity index (χ0) is 49.8. The second-order valence-electron chi connectivity index (χ2n) is 21.3. The standard InChI is InChI=1S/C68H58N4O/c1-67(2,3)52-36-37-69-65(42-52)72-61-35-32-49(46-20-10-7-11-21-46)41-60(61)59-34-33-56(44-64(59)72)73-55-27-18-26-54(43-55)70-45-71(63-31-17-16-30-62(63)70)66-57(48-24-14-9-15-25-48)28-19-29-58(66)51-38-50(47-22-12-8-13-23-47)39-53(40-51)68(4,5)6/h7-44H,45H2,1-6H3. The Labute approximate surface area is 429 Å². The SMILES string of the molecule is CC(C)(C)c1cc(-c2ccccc2)cc(-c2cccc(-c3ccccc3)c2N2CN(c3cccc(Oc4ccc5c6cc(-c7ccccc7)ccc6n(-c6cc(C(C)(C)C)ccn6)c5c4)c3)c3ccccc32)c1. The molecule has 0 aliphatic carbocycles. The third-order valence-electron chi connectivity index (χ3n) is 14.4. The summed E-state index contributed by atoms with van der Waals surface area (Å²) in [5, 5.41) is 2.31. The van der Waals surface area contributed by atoms with E-state index in [1.807, 2.05) is 6.20 Å². The molecular weight excluding hydrogens is 889 g/mol. The van der Waals surface area contributed by atoms with Crippen LogP contribution in [0, 0.1) is 0 Å². The van der Waals surface area contributed by atoms with Gasteiger partial charge in [0.15, 0.2) is 0 Å². The molecule has 1 aliphatic rings. The summed E-state index contributed by atoms with van der Waals surface area (Å²) >= 11 is 0. The highest BCUT2D eigenvalue weighted by Crippen LogP contribution is 2.51. The Morgan fingerprint density at radius 3 is 1.70 bits per heavy atom. The molecule has 5 heteroatoms.